The number of nitrogens with one attached hydrogen (secondary N) is 3. The zero-order chi connectivity index (χ0) is 40.0. The van der Waals surface area contributed by atoms with Gasteiger partial charge in [0.25, 0.3) is 0 Å². The Hall–Kier alpha value is -5.06. The van der Waals surface area contributed by atoms with Gasteiger partial charge in [0.1, 0.15) is 17.9 Å². The van der Waals surface area contributed by atoms with E-state index < -0.39 is 12.1 Å². The van der Waals surface area contributed by atoms with Crippen molar-refractivity contribution in [2.75, 3.05) is 0 Å². The van der Waals surface area contributed by atoms with Gasteiger partial charge in [-0.15, -0.1) is 0 Å². The maximum Gasteiger partial charge on any atom is 0.246 e. The van der Waals surface area contributed by atoms with Crippen molar-refractivity contribution >= 4 is 34.9 Å². The van der Waals surface area contributed by atoms with Crippen molar-refractivity contribution in [3.05, 3.63) is 72.3 Å². The zero-order valence-corrected chi connectivity index (χ0v) is 34.0. The standard InChI is InChI=1S/C47H55N7O4/c1-24(2)41(51-44(55)30-13-14-30)46(57)53-37-18-32(37)20-39(53)35-17-34(22-48-35)28-7-5-26(6-8-28)27-9-11-29(12-10-27)36-23-49-43(50-36)40-21-33-19-38(33)54(40)47(58)42(25(3)4)52-45(56)31-15-16-31/h5-12,22-25,30-33,37-42H,13-21H2,1-4H3,(H,49,50)(H,51,55)(H,52,56)/t32-,33-,37-,38-,39+,40+,41+,42+/m1/s1. The molecule has 3 aromatic rings. The number of aromatic nitrogens is 2. The number of piperidine rings is 2. The fourth-order valence-electron chi connectivity index (χ4n) is 9.87. The molecular formula is C47H55N7O4. The number of rotatable bonds is 13. The first kappa shape index (κ1) is 37.2. The smallest absolute Gasteiger partial charge is 0.246 e. The number of aliphatic imine (C=N–C) groups is 1. The van der Waals surface area contributed by atoms with E-state index >= 15 is 0 Å². The van der Waals surface area contributed by atoms with E-state index in [1.54, 1.807) is 0 Å². The molecule has 10 rings (SSSR count). The van der Waals surface area contributed by atoms with Crippen LogP contribution in [0.4, 0.5) is 0 Å². The van der Waals surface area contributed by atoms with Gasteiger partial charge in [0.2, 0.25) is 23.6 Å². The van der Waals surface area contributed by atoms with Crippen LogP contribution >= 0.6 is 0 Å². The van der Waals surface area contributed by atoms with Gasteiger partial charge in [0.05, 0.1) is 24.0 Å². The summed E-state index contributed by atoms with van der Waals surface area (Å²) in [5.41, 5.74) is 7.51. The molecule has 0 radical (unpaired) electrons. The number of hydrogen-bond donors (Lipinski definition) is 3. The van der Waals surface area contributed by atoms with Gasteiger partial charge in [-0.25, -0.2) is 4.98 Å². The minimum absolute atomic E-state index is 0.00559. The van der Waals surface area contributed by atoms with Crippen LogP contribution in [0.3, 0.4) is 0 Å². The van der Waals surface area contributed by atoms with Crippen LogP contribution in [0.2, 0.25) is 0 Å². The largest absolute Gasteiger partial charge is 0.344 e. The van der Waals surface area contributed by atoms with E-state index in [-0.39, 0.29) is 71.5 Å². The molecule has 4 heterocycles. The number of allylic oxidation sites excluding steroid dienone is 1. The quantitative estimate of drug-likeness (QED) is 0.178. The topological polar surface area (TPSA) is 140 Å². The molecule has 7 aliphatic rings. The van der Waals surface area contributed by atoms with E-state index in [4.69, 9.17) is 9.98 Å². The Labute approximate surface area is 340 Å². The fourth-order valence-corrected chi connectivity index (χ4v) is 9.87. The van der Waals surface area contributed by atoms with Crippen molar-refractivity contribution in [1.82, 2.24) is 30.4 Å². The number of carbonyl (C=O) groups excluding carboxylic acids is 4. The summed E-state index contributed by atoms with van der Waals surface area (Å²) in [6.07, 6.45) is 12.1. The highest BCUT2D eigenvalue weighted by Crippen LogP contribution is 2.54. The predicted octanol–water partition coefficient (Wildman–Crippen LogP) is 6.68. The number of amides is 4. The van der Waals surface area contributed by atoms with E-state index in [0.29, 0.717) is 11.8 Å². The first-order chi connectivity index (χ1) is 28.0. The first-order valence-corrected chi connectivity index (χ1v) is 21.8. The number of aromatic amines is 1. The maximum absolute atomic E-state index is 14.0. The van der Waals surface area contributed by atoms with Crippen molar-refractivity contribution in [3.63, 3.8) is 0 Å². The molecule has 4 amide bonds. The van der Waals surface area contributed by atoms with Crippen LogP contribution in [0.5, 0.6) is 0 Å². The molecule has 4 aliphatic carbocycles. The summed E-state index contributed by atoms with van der Waals surface area (Å²) in [7, 11) is 0. The molecule has 0 unspecified atom stereocenters. The molecule has 8 atom stereocenters. The van der Waals surface area contributed by atoms with Gasteiger partial charge in [0.15, 0.2) is 0 Å². The van der Waals surface area contributed by atoms with E-state index in [1.165, 1.54) is 0 Å². The van der Waals surface area contributed by atoms with Gasteiger partial charge in [0, 0.05) is 42.3 Å². The number of carbonyl (C=O) groups is 4. The fraction of sp³-hybridized carbons (Fsp3) is 0.532. The molecule has 1 aromatic heterocycles. The van der Waals surface area contributed by atoms with E-state index in [9.17, 15) is 19.2 Å². The van der Waals surface area contributed by atoms with Crippen molar-refractivity contribution in [1.29, 1.82) is 0 Å². The molecule has 6 fully saturated rings. The highest BCUT2D eigenvalue weighted by atomic mass is 16.2. The highest BCUT2D eigenvalue weighted by molar-refractivity contribution is 6.04. The second-order valence-electron chi connectivity index (χ2n) is 18.9. The predicted molar refractivity (Wildman–Crippen MR) is 222 cm³/mol. The number of nitrogens with zero attached hydrogens (tertiary/aromatic N) is 4. The number of fused-ring (bicyclic) bond motifs is 2. The average Bonchev–Trinajstić information content (AvgIpc) is 4.17. The Kier molecular flexibility index (Phi) is 9.21. The third kappa shape index (κ3) is 6.98. The number of H-pyrrole nitrogens is 1. The van der Waals surface area contributed by atoms with Gasteiger partial charge >= 0.3 is 0 Å². The third-order valence-electron chi connectivity index (χ3n) is 13.9. The molecule has 11 heteroatoms. The molecular weight excluding hydrogens is 727 g/mol. The molecule has 2 aromatic carbocycles. The van der Waals surface area contributed by atoms with Gasteiger partial charge < -0.3 is 25.4 Å². The summed E-state index contributed by atoms with van der Waals surface area (Å²) in [5, 5.41) is 6.17. The van der Waals surface area contributed by atoms with E-state index in [0.717, 1.165) is 103 Å². The Morgan fingerprint density at radius 2 is 1.14 bits per heavy atom. The van der Waals surface area contributed by atoms with Crippen molar-refractivity contribution < 1.29 is 19.2 Å². The Morgan fingerprint density at radius 3 is 1.66 bits per heavy atom. The van der Waals surface area contributed by atoms with Crippen LogP contribution in [-0.2, 0) is 19.2 Å². The van der Waals surface area contributed by atoms with Gasteiger partial charge in [-0.2, -0.15) is 0 Å². The molecule has 11 nitrogen and oxygen atoms in total. The van der Waals surface area contributed by atoms with Gasteiger partial charge in [-0.1, -0.05) is 76.2 Å². The minimum atomic E-state index is -0.520. The summed E-state index contributed by atoms with van der Waals surface area (Å²) in [4.78, 5) is 70.6. The maximum atomic E-state index is 14.0. The van der Waals surface area contributed by atoms with Crippen LogP contribution in [-0.4, -0.2) is 79.3 Å². The Morgan fingerprint density at radius 1 is 0.655 bits per heavy atom. The molecule has 302 valence electrons. The lowest BCUT2D eigenvalue weighted by atomic mass is 9.95. The lowest BCUT2D eigenvalue weighted by Gasteiger charge is -2.33. The van der Waals surface area contributed by atoms with Crippen molar-refractivity contribution in [3.8, 4) is 22.4 Å². The normalized spacial score (nSPS) is 27.8. The third-order valence-corrected chi connectivity index (χ3v) is 13.9. The van der Waals surface area contributed by atoms with Crippen LogP contribution < -0.4 is 10.6 Å². The number of likely N-dealkylation sites (tertiary alicyclic amines) is 2. The first-order valence-electron chi connectivity index (χ1n) is 21.8. The summed E-state index contributed by atoms with van der Waals surface area (Å²) >= 11 is 0. The monoisotopic (exact) mass is 781 g/mol. The van der Waals surface area contributed by atoms with Gasteiger partial charge in [-0.3, -0.25) is 24.2 Å². The van der Waals surface area contributed by atoms with Crippen LogP contribution in [0, 0.1) is 35.5 Å². The lowest BCUT2D eigenvalue weighted by Crippen LogP contribution is -2.55. The average molecular weight is 782 g/mol. The highest BCUT2D eigenvalue weighted by Gasteiger charge is 2.57. The zero-order valence-electron chi connectivity index (χ0n) is 34.0. The van der Waals surface area contributed by atoms with Gasteiger partial charge in [-0.05, 0) is 103 Å². The van der Waals surface area contributed by atoms with Crippen molar-refractivity contribution in [2.45, 2.75) is 122 Å². The lowest BCUT2D eigenvalue weighted by molar-refractivity contribution is -0.140. The Balaban J connectivity index is 0.774. The molecule has 3 N–H and O–H groups in total. The molecule has 4 saturated carbocycles. The summed E-state index contributed by atoms with van der Waals surface area (Å²) < 4.78 is 0. The summed E-state index contributed by atoms with van der Waals surface area (Å²) in [5.74, 6) is 2.09. The Bertz CT molecular complexity index is 2200. The molecule has 0 spiro atoms. The summed E-state index contributed by atoms with van der Waals surface area (Å²) in [6.45, 7) is 8.05. The van der Waals surface area contributed by atoms with E-state index in [1.807, 2.05) is 45.0 Å². The van der Waals surface area contributed by atoms with Crippen LogP contribution in [0.1, 0.15) is 103 Å². The second kappa shape index (κ2) is 14.3. The number of benzene rings is 2. The van der Waals surface area contributed by atoms with Crippen LogP contribution in [0.15, 0.2) is 65.9 Å². The molecule has 3 aliphatic heterocycles. The molecule has 2 saturated heterocycles. The van der Waals surface area contributed by atoms with Crippen molar-refractivity contribution in [2.24, 2.45) is 40.5 Å². The summed E-state index contributed by atoms with van der Waals surface area (Å²) in [6, 6.07) is 16.4. The number of imidazole rings is 1. The van der Waals surface area contributed by atoms with Crippen LogP contribution in [0.25, 0.3) is 28.0 Å². The second-order valence-corrected chi connectivity index (χ2v) is 18.9. The van der Waals surface area contributed by atoms with E-state index in [2.05, 4.69) is 69.0 Å². The molecule has 0 bridgehead atoms. The number of hydrogen-bond acceptors (Lipinski definition) is 6. The SMILES string of the molecule is CC(C)[C@H](NC(=O)C1CC1)C(=O)N1[C@@H]2C[C@@H]2C[C@H]1C1=NC=C(c2ccc(-c3ccc(-c4cnc([C@@H]5C[C@H]6C[C@H]6N5C(=O)[C@@H](NC(=O)C5CC5)C(C)C)[nH]4)cc3)cc2)C1. The minimum Gasteiger partial charge on any atom is -0.344 e. The molecule has 58 heavy (non-hydrogen) atoms.